The first-order valence-corrected chi connectivity index (χ1v) is 5.60. The number of hydrogen-bond acceptors (Lipinski definition) is 3. The molecule has 0 unspecified atom stereocenters. The largest absolute Gasteiger partial charge is 0.497 e. The molecule has 0 fully saturated rings. The van der Waals surface area contributed by atoms with Crippen molar-refractivity contribution >= 4 is 11.4 Å². The lowest BCUT2D eigenvalue weighted by atomic mass is 10.2. The Morgan fingerprint density at radius 3 is 2.56 bits per heavy atom. The molecule has 0 radical (unpaired) electrons. The first-order chi connectivity index (χ1) is 8.79. The van der Waals surface area contributed by atoms with Crippen molar-refractivity contribution in [3.63, 3.8) is 0 Å². The highest BCUT2D eigenvalue weighted by Gasteiger charge is 1.96. The molecule has 3 nitrogen and oxygen atoms in total. The van der Waals surface area contributed by atoms with Gasteiger partial charge in [-0.2, -0.15) is 10.2 Å². The smallest absolute Gasteiger partial charge is 0.121 e. The SMILES string of the molecule is C=C(N=Nc1cccc(OC)c1)c1ccccc1. The van der Waals surface area contributed by atoms with Gasteiger partial charge in [-0.1, -0.05) is 43.0 Å². The fourth-order valence-corrected chi connectivity index (χ4v) is 1.48. The van der Waals surface area contributed by atoms with E-state index in [0.29, 0.717) is 5.70 Å². The predicted molar refractivity (Wildman–Crippen MR) is 73.0 cm³/mol. The van der Waals surface area contributed by atoms with E-state index in [-0.39, 0.29) is 0 Å². The van der Waals surface area contributed by atoms with E-state index in [0.717, 1.165) is 17.0 Å². The lowest BCUT2D eigenvalue weighted by Crippen LogP contribution is -1.80. The molecule has 2 aromatic carbocycles. The Labute approximate surface area is 106 Å². The second-order valence-corrected chi connectivity index (χ2v) is 3.71. The summed E-state index contributed by atoms with van der Waals surface area (Å²) < 4.78 is 5.12. The van der Waals surface area contributed by atoms with Crippen molar-refractivity contribution in [1.82, 2.24) is 0 Å². The Hall–Kier alpha value is -2.42. The zero-order valence-corrected chi connectivity index (χ0v) is 10.2. The van der Waals surface area contributed by atoms with Gasteiger partial charge in [-0.25, -0.2) is 0 Å². The van der Waals surface area contributed by atoms with E-state index in [9.17, 15) is 0 Å². The number of nitrogens with zero attached hydrogens (tertiary/aromatic N) is 2. The molecule has 0 amide bonds. The zero-order chi connectivity index (χ0) is 12.8. The second kappa shape index (κ2) is 5.77. The summed E-state index contributed by atoms with van der Waals surface area (Å²) >= 11 is 0. The standard InChI is InChI=1S/C15H14N2O/c1-12(13-7-4-3-5-8-13)16-17-14-9-6-10-15(11-14)18-2/h3-11H,1H2,2H3. The molecule has 18 heavy (non-hydrogen) atoms. The lowest BCUT2D eigenvalue weighted by Gasteiger charge is -2.00. The second-order valence-electron chi connectivity index (χ2n) is 3.71. The minimum absolute atomic E-state index is 0.637. The average Bonchev–Trinajstić information content (AvgIpc) is 2.46. The molecule has 2 rings (SSSR count). The highest BCUT2D eigenvalue weighted by molar-refractivity contribution is 5.61. The highest BCUT2D eigenvalue weighted by atomic mass is 16.5. The molecule has 0 aliphatic heterocycles. The number of hydrogen-bond donors (Lipinski definition) is 0. The van der Waals surface area contributed by atoms with Crippen LogP contribution in [0.2, 0.25) is 0 Å². The van der Waals surface area contributed by atoms with Gasteiger partial charge in [0.2, 0.25) is 0 Å². The van der Waals surface area contributed by atoms with Crippen molar-refractivity contribution in [3.8, 4) is 5.75 Å². The maximum absolute atomic E-state index is 5.12. The third kappa shape index (κ3) is 3.04. The van der Waals surface area contributed by atoms with Crippen molar-refractivity contribution in [1.29, 1.82) is 0 Å². The van der Waals surface area contributed by atoms with Gasteiger partial charge in [0.1, 0.15) is 5.75 Å². The van der Waals surface area contributed by atoms with Crippen LogP contribution in [0.1, 0.15) is 5.56 Å². The van der Waals surface area contributed by atoms with Crippen molar-refractivity contribution in [3.05, 3.63) is 66.7 Å². The lowest BCUT2D eigenvalue weighted by molar-refractivity contribution is 0.415. The van der Waals surface area contributed by atoms with E-state index < -0.39 is 0 Å². The van der Waals surface area contributed by atoms with E-state index in [4.69, 9.17) is 4.74 Å². The van der Waals surface area contributed by atoms with Crippen LogP contribution in [0.5, 0.6) is 5.75 Å². The van der Waals surface area contributed by atoms with Crippen LogP contribution < -0.4 is 4.74 Å². The molecule has 0 aromatic heterocycles. The van der Waals surface area contributed by atoms with Gasteiger partial charge in [-0.3, -0.25) is 0 Å². The third-order valence-corrected chi connectivity index (χ3v) is 2.45. The number of ether oxygens (including phenoxy) is 1. The summed E-state index contributed by atoms with van der Waals surface area (Å²) in [5, 5.41) is 8.25. The Balaban J connectivity index is 2.13. The summed E-state index contributed by atoms with van der Waals surface area (Å²) in [5.74, 6) is 0.761. The quantitative estimate of drug-likeness (QED) is 0.724. The fraction of sp³-hybridized carbons (Fsp3) is 0.0667. The van der Waals surface area contributed by atoms with Gasteiger partial charge in [0.05, 0.1) is 18.5 Å². The van der Waals surface area contributed by atoms with Crippen molar-refractivity contribution in [2.75, 3.05) is 7.11 Å². The Morgan fingerprint density at radius 1 is 1.06 bits per heavy atom. The van der Waals surface area contributed by atoms with Crippen molar-refractivity contribution < 1.29 is 4.74 Å². The van der Waals surface area contributed by atoms with Crippen LogP contribution in [-0.4, -0.2) is 7.11 Å². The van der Waals surface area contributed by atoms with E-state index >= 15 is 0 Å². The third-order valence-electron chi connectivity index (χ3n) is 2.45. The first-order valence-electron chi connectivity index (χ1n) is 5.60. The van der Waals surface area contributed by atoms with Gasteiger partial charge < -0.3 is 4.74 Å². The van der Waals surface area contributed by atoms with Crippen molar-refractivity contribution in [2.45, 2.75) is 0 Å². The summed E-state index contributed by atoms with van der Waals surface area (Å²) in [6.45, 7) is 3.89. The van der Waals surface area contributed by atoms with E-state index in [1.54, 1.807) is 7.11 Å². The number of benzene rings is 2. The van der Waals surface area contributed by atoms with E-state index in [2.05, 4.69) is 16.8 Å². The molecular weight excluding hydrogens is 224 g/mol. The van der Waals surface area contributed by atoms with Crippen LogP contribution in [0.3, 0.4) is 0 Å². The Bertz CT molecular complexity index is 562. The maximum atomic E-state index is 5.12. The molecular formula is C15H14N2O. The minimum atomic E-state index is 0.637. The van der Waals surface area contributed by atoms with Gasteiger partial charge in [-0.05, 0) is 12.1 Å². The van der Waals surface area contributed by atoms with Crippen LogP contribution in [0.25, 0.3) is 5.70 Å². The van der Waals surface area contributed by atoms with Gasteiger partial charge in [0.25, 0.3) is 0 Å². The van der Waals surface area contributed by atoms with E-state index in [1.165, 1.54) is 0 Å². The summed E-state index contributed by atoms with van der Waals surface area (Å²) in [7, 11) is 1.62. The molecule has 0 saturated heterocycles. The van der Waals surface area contributed by atoms with Crippen LogP contribution in [-0.2, 0) is 0 Å². The number of methoxy groups -OCH3 is 1. The van der Waals surface area contributed by atoms with Crippen LogP contribution in [0.4, 0.5) is 5.69 Å². The van der Waals surface area contributed by atoms with Crippen molar-refractivity contribution in [2.24, 2.45) is 10.2 Å². The van der Waals surface area contributed by atoms with E-state index in [1.807, 2.05) is 54.6 Å². The Kier molecular flexibility index (Phi) is 3.86. The highest BCUT2D eigenvalue weighted by Crippen LogP contribution is 2.22. The molecule has 90 valence electrons. The molecule has 0 atom stereocenters. The minimum Gasteiger partial charge on any atom is -0.497 e. The molecule has 0 bridgehead atoms. The van der Waals surface area contributed by atoms with Crippen LogP contribution >= 0.6 is 0 Å². The summed E-state index contributed by atoms with van der Waals surface area (Å²) in [6.07, 6.45) is 0. The fourth-order valence-electron chi connectivity index (χ4n) is 1.48. The number of azo groups is 1. The summed E-state index contributed by atoms with van der Waals surface area (Å²) in [6, 6.07) is 17.2. The zero-order valence-electron chi connectivity index (χ0n) is 10.2. The topological polar surface area (TPSA) is 34.0 Å². The number of rotatable bonds is 4. The van der Waals surface area contributed by atoms with Gasteiger partial charge in [0.15, 0.2) is 0 Å². The summed E-state index contributed by atoms with van der Waals surface area (Å²) in [4.78, 5) is 0. The van der Waals surface area contributed by atoms with Crippen LogP contribution in [0, 0.1) is 0 Å². The Morgan fingerprint density at radius 2 is 1.83 bits per heavy atom. The molecule has 2 aromatic rings. The van der Waals surface area contributed by atoms with Gasteiger partial charge in [-0.15, -0.1) is 0 Å². The van der Waals surface area contributed by atoms with Crippen LogP contribution in [0.15, 0.2) is 71.4 Å². The summed E-state index contributed by atoms with van der Waals surface area (Å²) in [5.41, 5.74) is 2.34. The van der Waals surface area contributed by atoms with Gasteiger partial charge in [0, 0.05) is 11.6 Å². The van der Waals surface area contributed by atoms with Gasteiger partial charge >= 0.3 is 0 Å². The normalized spacial score (nSPS) is 10.5. The monoisotopic (exact) mass is 238 g/mol. The molecule has 0 spiro atoms. The maximum Gasteiger partial charge on any atom is 0.121 e. The molecule has 0 saturated carbocycles. The predicted octanol–water partition coefficient (Wildman–Crippen LogP) is 4.45. The molecule has 0 heterocycles. The first kappa shape index (κ1) is 12.0. The molecule has 3 heteroatoms. The molecule has 0 aliphatic carbocycles. The molecule has 0 aliphatic rings. The molecule has 0 N–H and O–H groups in total. The average molecular weight is 238 g/mol.